The fourth-order valence-corrected chi connectivity index (χ4v) is 2.68. The van der Waals surface area contributed by atoms with E-state index < -0.39 is 0 Å². The van der Waals surface area contributed by atoms with E-state index in [1.807, 2.05) is 25.1 Å². The van der Waals surface area contributed by atoms with Gasteiger partial charge in [0.25, 0.3) is 5.91 Å². The summed E-state index contributed by atoms with van der Waals surface area (Å²) in [4.78, 5) is 12.0. The number of halogens is 2. The second kappa shape index (κ2) is 7.88. The van der Waals surface area contributed by atoms with E-state index in [1.54, 1.807) is 0 Å². The van der Waals surface area contributed by atoms with Crippen LogP contribution in [0.1, 0.15) is 35.2 Å². The fourth-order valence-electron chi connectivity index (χ4n) is 2.31. The van der Waals surface area contributed by atoms with Crippen molar-refractivity contribution in [3.63, 3.8) is 0 Å². The lowest BCUT2D eigenvalue weighted by atomic mass is 10.1. The van der Waals surface area contributed by atoms with Crippen LogP contribution in [0.25, 0.3) is 0 Å². The summed E-state index contributed by atoms with van der Waals surface area (Å²) in [5.41, 5.74) is 1.75. The van der Waals surface area contributed by atoms with Crippen molar-refractivity contribution in [1.82, 2.24) is 10.6 Å². The van der Waals surface area contributed by atoms with Crippen molar-refractivity contribution in [3.05, 3.63) is 33.8 Å². The number of amides is 1. The van der Waals surface area contributed by atoms with Crippen LogP contribution in [-0.2, 0) is 0 Å². The SMILES string of the molecule is Cc1c(Br)cccc1C(=O)NCC[C@H]1CCCN1.Cl. The Bertz CT molecular complexity index is 433. The van der Waals surface area contributed by atoms with Gasteiger partial charge < -0.3 is 10.6 Å². The Hall–Kier alpha value is -0.580. The highest BCUT2D eigenvalue weighted by molar-refractivity contribution is 9.10. The molecular weight excluding hydrogens is 328 g/mol. The number of benzene rings is 1. The first-order valence-electron chi connectivity index (χ1n) is 6.45. The van der Waals surface area contributed by atoms with Gasteiger partial charge in [0.2, 0.25) is 0 Å². The predicted octanol–water partition coefficient (Wildman–Crippen LogP) is 3.05. The second-order valence-corrected chi connectivity index (χ2v) is 5.60. The third-order valence-corrected chi connectivity index (χ3v) is 4.31. The smallest absolute Gasteiger partial charge is 0.251 e. The lowest BCUT2D eigenvalue weighted by Gasteiger charge is -2.12. The molecule has 0 saturated carbocycles. The average molecular weight is 348 g/mol. The predicted molar refractivity (Wildman–Crippen MR) is 84.1 cm³/mol. The van der Waals surface area contributed by atoms with Crippen molar-refractivity contribution in [3.8, 4) is 0 Å². The van der Waals surface area contributed by atoms with Crippen LogP contribution in [-0.4, -0.2) is 25.0 Å². The average Bonchev–Trinajstić information content (AvgIpc) is 2.85. The Labute approximate surface area is 129 Å². The van der Waals surface area contributed by atoms with Crippen molar-refractivity contribution in [2.45, 2.75) is 32.2 Å². The molecule has 5 heteroatoms. The summed E-state index contributed by atoms with van der Waals surface area (Å²) in [5, 5.41) is 6.43. The van der Waals surface area contributed by atoms with Crippen LogP contribution in [0.2, 0.25) is 0 Å². The zero-order valence-corrected chi connectivity index (χ0v) is 13.4. The normalized spacial score (nSPS) is 17.9. The van der Waals surface area contributed by atoms with Gasteiger partial charge in [-0.15, -0.1) is 12.4 Å². The van der Waals surface area contributed by atoms with Gasteiger partial charge in [0.1, 0.15) is 0 Å². The van der Waals surface area contributed by atoms with Gasteiger partial charge >= 0.3 is 0 Å². The molecule has 1 amide bonds. The van der Waals surface area contributed by atoms with Gasteiger partial charge in [-0.25, -0.2) is 0 Å². The molecular formula is C14H20BrClN2O. The Morgan fingerprint density at radius 3 is 3.00 bits per heavy atom. The van der Waals surface area contributed by atoms with Gasteiger partial charge in [-0.3, -0.25) is 4.79 Å². The monoisotopic (exact) mass is 346 g/mol. The van der Waals surface area contributed by atoms with E-state index in [0.717, 1.165) is 35.1 Å². The molecule has 2 N–H and O–H groups in total. The van der Waals surface area contributed by atoms with Gasteiger partial charge in [-0.2, -0.15) is 0 Å². The van der Waals surface area contributed by atoms with Crippen molar-refractivity contribution >= 4 is 34.2 Å². The van der Waals surface area contributed by atoms with Crippen LogP contribution >= 0.6 is 28.3 Å². The molecule has 19 heavy (non-hydrogen) atoms. The number of nitrogens with one attached hydrogen (secondary N) is 2. The maximum absolute atomic E-state index is 12.0. The maximum atomic E-state index is 12.0. The van der Waals surface area contributed by atoms with E-state index in [-0.39, 0.29) is 18.3 Å². The van der Waals surface area contributed by atoms with Crippen molar-refractivity contribution in [2.75, 3.05) is 13.1 Å². The summed E-state index contributed by atoms with van der Waals surface area (Å²) in [6, 6.07) is 6.29. The topological polar surface area (TPSA) is 41.1 Å². The molecule has 0 aliphatic carbocycles. The summed E-state index contributed by atoms with van der Waals surface area (Å²) in [6.45, 7) is 3.81. The minimum Gasteiger partial charge on any atom is -0.352 e. The van der Waals surface area contributed by atoms with Gasteiger partial charge in [-0.1, -0.05) is 22.0 Å². The Kier molecular flexibility index (Phi) is 6.83. The molecule has 2 rings (SSSR count). The first-order chi connectivity index (χ1) is 8.68. The zero-order valence-electron chi connectivity index (χ0n) is 11.0. The first kappa shape index (κ1) is 16.5. The van der Waals surface area contributed by atoms with Gasteiger partial charge in [0, 0.05) is 22.6 Å². The maximum Gasteiger partial charge on any atom is 0.251 e. The molecule has 0 spiro atoms. The molecule has 0 unspecified atom stereocenters. The third kappa shape index (κ3) is 4.48. The largest absolute Gasteiger partial charge is 0.352 e. The van der Waals surface area contributed by atoms with Gasteiger partial charge in [0.05, 0.1) is 0 Å². The fraction of sp³-hybridized carbons (Fsp3) is 0.500. The highest BCUT2D eigenvalue weighted by Gasteiger charge is 2.14. The molecule has 1 saturated heterocycles. The summed E-state index contributed by atoms with van der Waals surface area (Å²) in [5.74, 6) is 0.0202. The Balaban J connectivity index is 0.00000180. The standard InChI is InChI=1S/C14H19BrN2O.ClH/c1-10-12(5-2-6-13(10)15)14(18)17-9-7-11-4-3-8-16-11;/h2,5-6,11,16H,3-4,7-9H2,1H3,(H,17,18);1H/t11-;/m1./s1. The number of carbonyl (C=O) groups is 1. The lowest BCUT2D eigenvalue weighted by molar-refractivity contribution is 0.0951. The van der Waals surface area contributed by atoms with E-state index in [2.05, 4.69) is 26.6 Å². The van der Waals surface area contributed by atoms with Crippen molar-refractivity contribution < 1.29 is 4.79 Å². The van der Waals surface area contributed by atoms with E-state index >= 15 is 0 Å². The molecule has 1 fully saturated rings. The summed E-state index contributed by atoms with van der Waals surface area (Å²) in [7, 11) is 0. The van der Waals surface area contributed by atoms with E-state index in [9.17, 15) is 4.79 Å². The van der Waals surface area contributed by atoms with Crippen LogP contribution in [0, 0.1) is 6.92 Å². The third-order valence-electron chi connectivity index (χ3n) is 3.45. The Morgan fingerprint density at radius 2 is 2.32 bits per heavy atom. The quantitative estimate of drug-likeness (QED) is 0.879. The van der Waals surface area contributed by atoms with Crippen molar-refractivity contribution in [1.29, 1.82) is 0 Å². The lowest BCUT2D eigenvalue weighted by Crippen LogP contribution is -2.30. The molecule has 1 atom stereocenters. The molecule has 106 valence electrons. The molecule has 1 aromatic rings. The number of hydrogen-bond donors (Lipinski definition) is 2. The molecule has 0 bridgehead atoms. The Morgan fingerprint density at radius 1 is 1.53 bits per heavy atom. The minimum atomic E-state index is 0. The van der Waals surface area contributed by atoms with Crippen LogP contribution in [0.4, 0.5) is 0 Å². The highest BCUT2D eigenvalue weighted by Crippen LogP contribution is 2.19. The number of rotatable bonds is 4. The van der Waals surface area contributed by atoms with Gasteiger partial charge in [0.15, 0.2) is 0 Å². The molecule has 1 aliphatic rings. The zero-order chi connectivity index (χ0) is 13.0. The van der Waals surface area contributed by atoms with Crippen LogP contribution < -0.4 is 10.6 Å². The van der Waals surface area contributed by atoms with E-state index in [0.29, 0.717) is 6.04 Å². The first-order valence-corrected chi connectivity index (χ1v) is 7.24. The molecule has 1 aromatic carbocycles. The summed E-state index contributed by atoms with van der Waals surface area (Å²) < 4.78 is 0.979. The molecule has 3 nitrogen and oxygen atoms in total. The van der Waals surface area contributed by atoms with Crippen LogP contribution in [0.3, 0.4) is 0 Å². The van der Waals surface area contributed by atoms with Gasteiger partial charge in [-0.05, 0) is 50.4 Å². The van der Waals surface area contributed by atoms with Crippen LogP contribution in [0.5, 0.6) is 0 Å². The molecule has 0 aromatic heterocycles. The molecule has 1 aliphatic heterocycles. The van der Waals surface area contributed by atoms with E-state index in [1.165, 1.54) is 12.8 Å². The number of carbonyl (C=O) groups excluding carboxylic acids is 1. The molecule has 1 heterocycles. The van der Waals surface area contributed by atoms with E-state index in [4.69, 9.17) is 0 Å². The molecule has 0 radical (unpaired) electrons. The highest BCUT2D eigenvalue weighted by atomic mass is 79.9. The second-order valence-electron chi connectivity index (χ2n) is 4.75. The number of hydrogen-bond acceptors (Lipinski definition) is 2. The summed E-state index contributed by atoms with van der Waals surface area (Å²) >= 11 is 3.45. The van der Waals surface area contributed by atoms with Crippen molar-refractivity contribution in [2.24, 2.45) is 0 Å². The van der Waals surface area contributed by atoms with Crippen LogP contribution in [0.15, 0.2) is 22.7 Å². The minimum absolute atomic E-state index is 0. The summed E-state index contributed by atoms with van der Waals surface area (Å²) in [6.07, 6.45) is 3.49.